The lowest BCUT2D eigenvalue weighted by Crippen LogP contribution is -2.12. The Balaban J connectivity index is 1.53. The van der Waals surface area contributed by atoms with Crippen molar-refractivity contribution in [2.45, 2.75) is 19.7 Å². The van der Waals surface area contributed by atoms with Crippen molar-refractivity contribution in [1.82, 2.24) is 10.3 Å². The van der Waals surface area contributed by atoms with E-state index < -0.39 is 0 Å². The molecule has 0 amide bonds. The summed E-state index contributed by atoms with van der Waals surface area (Å²) in [6.07, 6.45) is 3.60. The molecule has 0 bridgehead atoms. The first-order valence-electron chi connectivity index (χ1n) is 7.96. The first-order valence-corrected chi connectivity index (χ1v) is 8.71. The van der Waals surface area contributed by atoms with Crippen molar-refractivity contribution >= 4 is 23.2 Å². The number of benzene rings is 2. The van der Waals surface area contributed by atoms with Crippen molar-refractivity contribution in [3.8, 4) is 5.75 Å². The van der Waals surface area contributed by atoms with E-state index in [-0.39, 0.29) is 0 Å². The van der Waals surface area contributed by atoms with Crippen LogP contribution in [0.1, 0.15) is 16.7 Å². The Labute approximate surface area is 157 Å². The van der Waals surface area contributed by atoms with Crippen LogP contribution in [0.5, 0.6) is 5.75 Å². The standard InChI is InChI=1S/C20H18Cl2N2O/c21-19-5-4-17(11-20(19)22)14-25-18-3-1-2-16(10-18)13-24-12-15-6-8-23-9-7-15/h1-11,24H,12-14H2. The Morgan fingerprint density at radius 3 is 2.40 bits per heavy atom. The molecule has 3 aromatic rings. The summed E-state index contributed by atoms with van der Waals surface area (Å²) in [4.78, 5) is 4.02. The third-order valence-corrected chi connectivity index (χ3v) is 4.43. The SMILES string of the molecule is Clc1ccc(COc2cccc(CNCc3ccncc3)c2)cc1Cl. The van der Waals surface area contributed by atoms with Crippen LogP contribution in [0.15, 0.2) is 67.0 Å². The average Bonchev–Trinajstić information content (AvgIpc) is 2.64. The summed E-state index contributed by atoms with van der Waals surface area (Å²) in [7, 11) is 0. The van der Waals surface area contributed by atoms with Gasteiger partial charge in [-0.1, -0.05) is 41.4 Å². The summed E-state index contributed by atoms with van der Waals surface area (Å²) in [5.74, 6) is 0.828. The van der Waals surface area contributed by atoms with Gasteiger partial charge in [0.25, 0.3) is 0 Å². The minimum Gasteiger partial charge on any atom is -0.489 e. The predicted octanol–water partition coefficient (Wildman–Crippen LogP) is 5.26. The lowest BCUT2D eigenvalue weighted by molar-refractivity contribution is 0.306. The number of rotatable bonds is 7. The Bertz CT molecular complexity index is 825. The van der Waals surface area contributed by atoms with Crippen LogP contribution in [0, 0.1) is 0 Å². The van der Waals surface area contributed by atoms with Crippen molar-refractivity contribution in [2.24, 2.45) is 0 Å². The van der Waals surface area contributed by atoms with Gasteiger partial charge in [-0.2, -0.15) is 0 Å². The maximum Gasteiger partial charge on any atom is 0.120 e. The minimum absolute atomic E-state index is 0.449. The molecular formula is C20H18Cl2N2O. The second-order valence-electron chi connectivity index (χ2n) is 5.64. The predicted molar refractivity (Wildman–Crippen MR) is 102 cm³/mol. The summed E-state index contributed by atoms with van der Waals surface area (Å²) >= 11 is 12.0. The second kappa shape index (κ2) is 8.86. The zero-order valence-corrected chi connectivity index (χ0v) is 15.1. The van der Waals surface area contributed by atoms with Gasteiger partial charge in [-0.15, -0.1) is 0 Å². The summed E-state index contributed by atoms with van der Waals surface area (Å²) in [5, 5.41) is 4.50. The molecule has 0 radical (unpaired) electrons. The summed E-state index contributed by atoms with van der Waals surface area (Å²) < 4.78 is 5.85. The number of pyridine rings is 1. The molecule has 0 saturated heterocycles. The number of hydrogen-bond acceptors (Lipinski definition) is 3. The molecular weight excluding hydrogens is 355 g/mol. The Hall–Kier alpha value is -2.07. The topological polar surface area (TPSA) is 34.1 Å². The third-order valence-electron chi connectivity index (χ3n) is 3.70. The molecule has 0 atom stereocenters. The van der Waals surface area contributed by atoms with Gasteiger partial charge >= 0.3 is 0 Å². The molecule has 0 spiro atoms. The first-order chi connectivity index (χ1) is 12.2. The number of ether oxygens (including phenoxy) is 1. The van der Waals surface area contributed by atoms with Crippen LogP contribution in [0.4, 0.5) is 0 Å². The van der Waals surface area contributed by atoms with E-state index >= 15 is 0 Å². The van der Waals surface area contributed by atoms with Crippen LogP contribution in [-0.4, -0.2) is 4.98 Å². The lowest BCUT2D eigenvalue weighted by Gasteiger charge is -2.10. The molecule has 1 aromatic heterocycles. The monoisotopic (exact) mass is 372 g/mol. The number of nitrogens with zero attached hydrogens (tertiary/aromatic N) is 1. The highest BCUT2D eigenvalue weighted by atomic mass is 35.5. The van der Waals surface area contributed by atoms with Crippen molar-refractivity contribution in [1.29, 1.82) is 0 Å². The lowest BCUT2D eigenvalue weighted by atomic mass is 10.2. The highest BCUT2D eigenvalue weighted by Gasteiger charge is 2.02. The van der Waals surface area contributed by atoms with Crippen LogP contribution >= 0.6 is 23.2 Å². The van der Waals surface area contributed by atoms with Gasteiger partial charge in [0.05, 0.1) is 10.0 Å². The smallest absolute Gasteiger partial charge is 0.120 e. The van der Waals surface area contributed by atoms with Crippen molar-refractivity contribution < 1.29 is 4.74 Å². The molecule has 0 aliphatic rings. The summed E-state index contributed by atoms with van der Waals surface area (Å²) in [5.41, 5.74) is 3.36. The van der Waals surface area contributed by atoms with E-state index in [1.165, 1.54) is 11.1 Å². The highest BCUT2D eigenvalue weighted by Crippen LogP contribution is 2.23. The van der Waals surface area contributed by atoms with Crippen LogP contribution in [0.25, 0.3) is 0 Å². The first kappa shape index (κ1) is 17.7. The third kappa shape index (κ3) is 5.46. The van der Waals surface area contributed by atoms with E-state index in [0.717, 1.165) is 24.4 Å². The van der Waals surface area contributed by atoms with Gasteiger partial charge in [-0.05, 0) is 53.1 Å². The molecule has 3 rings (SSSR count). The number of halogens is 2. The molecule has 128 valence electrons. The van der Waals surface area contributed by atoms with Crippen molar-refractivity contribution in [3.63, 3.8) is 0 Å². The molecule has 2 aromatic carbocycles. The van der Waals surface area contributed by atoms with Crippen LogP contribution in [0.3, 0.4) is 0 Å². The van der Waals surface area contributed by atoms with Gasteiger partial charge in [0.2, 0.25) is 0 Å². The van der Waals surface area contributed by atoms with Crippen LogP contribution in [0.2, 0.25) is 10.0 Å². The van der Waals surface area contributed by atoms with E-state index in [1.807, 2.05) is 42.5 Å². The molecule has 1 heterocycles. The number of aromatic nitrogens is 1. The van der Waals surface area contributed by atoms with Gasteiger partial charge in [-0.3, -0.25) is 4.98 Å². The molecule has 0 saturated carbocycles. The highest BCUT2D eigenvalue weighted by molar-refractivity contribution is 6.42. The zero-order chi connectivity index (χ0) is 17.5. The Morgan fingerprint density at radius 1 is 0.800 bits per heavy atom. The van der Waals surface area contributed by atoms with E-state index in [0.29, 0.717) is 16.7 Å². The fraction of sp³-hybridized carbons (Fsp3) is 0.150. The zero-order valence-electron chi connectivity index (χ0n) is 13.6. The summed E-state index contributed by atoms with van der Waals surface area (Å²) in [6, 6.07) is 17.6. The molecule has 0 aliphatic heterocycles. The Morgan fingerprint density at radius 2 is 1.60 bits per heavy atom. The number of hydrogen-bond donors (Lipinski definition) is 1. The van der Waals surface area contributed by atoms with Gasteiger partial charge in [0.15, 0.2) is 0 Å². The van der Waals surface area contributed by atoms with Crippen LogP contribution < -0.4 is 10.1 Å². The maximum atomic E-state index is 6.03. The maximum absolute atomic E-state index is 6.03. The van der Waals surface area contributed by atoms with Crippen LogP contribution in [-0.2, 0) is 19.7 Å². The fourth-order valence-electron chi connectivity index (χ4n) is 2.39. The van der Waals surface area contributed by atoms with Gasteiger partial charge in [0, 0.05) is 25.5 Å². The normalized spacial score (nSPS) is 10.6. The average molecular weight is 373 g/mol. The Kier molecular flexibility index (Phi) is 6.29. The van der Waals surface area contributed by atoms with E-state index in [4.69, 9.17) is 27.9 Å². The molecule has 3 nitrogen and oxygen atoms in total. The summed E-state index contributed by atoms with van der Waals surface area (Å²) in [6.45, 7) is 2.02. The second-order valence-corrected chi connectivity index (χ2v) is 6.46. The van der Waals surface area contributed by atoms with E-state index in [1.54, 1.807) is 18.5 Å². The molecule has 25 heavy (non-hydrogen) atoms. The minimum atomic E-state index is 0.449. The van der Waals surface area contributed by atoms with Gasteiger partial charge < -0.3 is 10.1 Å². The molecule has 0 aliphatic carbocycles. The fourth-order valence-corrected chi connectivity index (χ4v) is 2.71. The largest absolute Gasteiger partial charge is 0.489 e. The molecule has 5 heteroatoms. The van der Waals surface area contributed by atoms with E-state index in [9.17, 15) is 0 Å². The van der Waals surface area contributed by atoms with Crippen molar-refractivity contribution in [2.75, 3.05) is 0 Å². The van der Waals surface area contributed by atoms with Gasteiger partial charge in [0.1, 0.15) is 12.4 Å². The van der Waals surface area contributed by atoms with Crippen molar-refractivity contribution in [3.05, 3.63) is 93.7 Å². The molecule has 0 unspecified atom stereocenters. The van der Waals surface area contributed by atoms with E-state index in [2.05, 4.69) is 16.4 Å². The quantitative estimate of drug-likeness (QED) is 0.614. The van der Waals surface area contributed by atoms with Gasteiger partial charge in [-0.25, -0.2) is 0 Å². The molecule has 1 N–H and O–H groups in total. The number of nitrogens with one attached hydrogen (secondary N) is 1. The molecule has 0 fully saturated rings.